The number of rotatable bonds is 7. The van der Waals surface area contributed by atoms with Crippen LogP contribution in [0, 0.1) is 0 Å². The Morgan fingerprint density at radius 3 is 2.38 bits per heavy atom. The number of hydrogen-bond acceptors (Lipinski definition) is 4. The van der Waals surface area contributed by atoms with Crippen molar-refractivity contribution in [1.29, 1.82) is 0 Å². The second-order valence-electron chi connectivity index (χ2n) is 9.55. The van der Waals surface area contributed by atoms with Crippen LogP contribution in [0.2, 0.25) is 18.1 Å². The lowest BCUT2D eigenvalue weighted by Crippen LogP contribution is -2.41. The van der Waals surface area contributed by atoms with Crippen LogP contribution in [0.15, 0.2) is 59.4 Å². The van der Waals surface area contributed by atoms with E-state index in [1.807, 2.05) is 36.4 Å². The molecule has 2 N–H and O–H groups in total. The molecule has 3 rings (SSSR count). The van der Waals surface area contributed by atoms with Gasteiger partial charge in [-0.05, 0) is 53.9 Å². The summed E-state index contributed by atoms with van der Waals surface area (Å²) in [5.74, 6) is -0.413. The molecule has 0 atom stereocenters. The molecule has 32 heavy (non-hydrogen) atoms. The van der Waals surface area contributed by atoms with E-state index in [0.717, 1.165) is 16.6 Å². The average molecular weight is 452 g/mol. The predicted octanol–water partition coefficient (Wildman–Crippen LogP) is 5.22. The van der Waals surface area contributed by atoms with Crippen LogP contribution in [-0.4, -0.2) is 31.9 Å². The molecule has 0 unspecified atom stereocenters. The molecule has 6 nitrogen and oxygen atoms in total. The third-order valence-electron chi connectivity index (χ3n) is 6.20. The van der Waals surface area contributed by atoms with Crippen LogP contribution < -0.4 is 16.2 Å². The summed E-state index contributed by atoms with van der Waals surface area (Å²) < 4.78 is 7.73. The first-order valence-corrected chi connectivity index (χ1v) is 13.8. The molecule has 0 aliphatic rings. The number of nitrogens with zero attached hydrogens (tertiary/aromatic N) is 1. The molecule has 0 spiro atoms. The van der Waals surface area contributed by atoms with E-state index >= 15 is 0 Å². The van der Waals surface area contributed by atoms with Gasteiger partial charge in [0.2, 0.25) is 0 Å². The Morgan fingerprint density at radius 2 is 1.72 bits per heavy atom. The van der Waals surface area contributed by atoms with Crippen molar-refractivity contribution in [3.8, 4) is 0 Å². The molecule has 0 fully saturated rings. The Bertz CT molecular complexity index is 1160. The highest BCUT2D eigenvalue weighted by atomic mass is 28.4. The molecular formula is C25H33N3O3Si. The molecule has 7 heteroatoms. The number of carbonyl (C=O) groups is 1. The highest BCUT2D eigenvalue weighted by Crippen LogP contribution is 2.36. The van der Waals surface area contributed by atoms with Crippen molar-refractivity contribution in [2.24, 2.45) is 7.05 Å². The molecule has 170 valence electrons. The lowest BCUT2D eigenvalue weighted by molar-refractivity contribution is 0.102. The third kappa shape index (κ3) is 5.28. The van der Waals surface area contributed by atoms with Gasteiger partial charge in [0.25, 0.3) is 11.5 Å². The Kier molecular flexibility index (Phi) is 6.90. The molecule has 0 aliphatic heterocycles. The number of amides is 1. The van der Waals surface area contributed by atoms with Crippen LogP contribution in [0.4, 0.5) is 11.4 Å². The second kappa shape index (κ2) is 9.30. The smallest absolute Gasteiger partial charge is 0.263 e. The highest BCUT2D eigenvalue weighted by molar-refractivity contribution is 6.74. The average Bonchev–Trinajstić information content (AvgIpc) is 2.73. The van der Waals surface area contributed by atoms with E-state index in [9.17, 15) is 9.59 Å². The van der Waals surface area contributed by atoms with E-state index < -0.39 is 14.2 Å². The van der Waals surface area contributed by atoms with Gasteiger partial charge in [-0.3, -0.25) is 9.59 Å². The Labute approximate surface area is 190 Å². The SMILES string of the molecule is Cn1c(=O)c(C(=O)Nc2ccccc2)cc2ccc(NCCO[Si](C)(C)C(C)(C)C)cc21. The first-order valence-electron chi connectivity index (χ1n) is 10.9. The molecule has 0 aliphatic carbocycles. The number of aromatic nitrogens is 1. The molecule has 0 bridgehead atoms. The fourth-order valence-corrected chi connectivity index (χ4v) is 4.22. The van der Waals surface area contributed by atoms with Crippen LogP contribution in [-0.2, 0) is 11.5 Å². The molecular weight excluding hydrogens is 418 g/mol. The van der Waals surface area contributed by atoms with Gasteiger partial charge in [0, 0.05) is 25.0 Å². The van der Waals surface area contributed by atoms with E-state index in [-0.39, 0.29) is 16.2 Å². The molecule has 0 saturated carbocycles. The van der Waals surface area contributed by atoms with Crippen LogP contribution in [0.3, 0.4) is 0 Å². The summed E-state index contributed by atoms with van der Waals surface area (Å²) in [6, 6.07) is 16.6. The Hall–Kier alpha value is -2.90. The van der Waals surface area contributed by atoms with Gasteiger partial charge in [0.1, 0.15) is 5.56 Å². The van der Waals surface area contributed by atoms with Crippen LogP contribution >= 0.6 is 0 Å². The lowest BCUT2D eigenvalue weighted by atomic mass is 10.1. The fraction of sp³-hybridized carbons (Fsp3) is 0.360. The minimum absolute atomic E-state index is 0.118. The van der Waals surface area contributed by atoms with Gasteiger partial charge in [-0.2, -0.15) is 0 Å². The van der Waals surface area contributed by atoms with Crippen molar-refractivity contribution in [3.05, 3.63) is 70.5 Å². The molecule has 0 radical (unpaired) electrons. The summed E-state index contributed by atoms with van der Waals surface area (Å²) in [6.45, 7) is 12.5. The van der Waals surface area contributed by atoms with Crippen molar-refractivity contribution < 1.29 is 9.22 Å². The summed E-state index contributed by atoms with van der Waals surface area (Å²) in [5, 5.41) is 7.17. The minimum atomic E-state index is -1.77. The molecule has 1 heterocycles. The van der Waals surface area contributed by atoms with Gasteiger partial charge in [-0.25, -0.2) is 0 Å². The third-order valence-corrected chi connectivity index (χ3v) is 10.7. The normalized spacial score (nSPS) is 12.1. The highest BCUT2D eigenvalue weighted by Gasteiger charge is 2.36. The number of anilines is 2. The number of aryl methyl sites for hydroxylation is 1. The van der Waals surface area contributed by atoms with Crippen molar-refractivity contribution in [2.75, 3.05) is 23.8 Å². The number of carbonyl (C=O) groups excluding carboxylic acids is 1. The summed E-state index contributed by atoms with van der Waals surface area (Å²) >= 11 is 0. The van der Waals surface area contributed by atoms with Crippen molar-refractivity contribution in [2.45, 2.75) is 38.9 Å². The lowest BCUT2D eigenvalue weighted by Gasteiger charge is -2.36. The van der Waals surface area contributed by atoms with Crippen molar-refractivity contribution in [3.63, 3.8) is 0 Å². The number of pyridine rings is 1. The molecule has 1 aromatic heterocycles. The summed E-state index contributed by atoms with van der Waals surface area (Å²) in [4.78, 5) is 25.5. The van der Waals surface area contributed by atoms with Crippen molar-refractivity contribution >= 4 is 36.5 Å². The second-order valence-corrected chi connectivity index (χ2v) is 14.4. The van der Waals surface area contributed by atoms with E-state index in [4.69, 9.17) is 4.43 Å². The maximum absolute atomic E-state index is 12.9. The van der Waals surface area contributed by atoms with Gasteiger partial charge >= 0.3 is 0 Å². The first-order chi connectivity index (χ1) is 15.0. The predicted molar refractivity (Wildman–Crippen MR) is 135 cm³/mol. The summed E-state index contributed by atoms with van der Waals surface area (Å²) in [7, 11) is -0.0831. The minimum Gasteiger partial charge on any atom is -0.415 e. The van der Waals surface area contributed by atoms with Gasteiger partial charge in [0.05, 0.1) is 12.1 Å². The van der Waals surface area contributed by atoms with Crippen LogP contribution in [0.25, 0.3) is 10.9 Å². The zero-order valence-electron chi connectivity index (χ0n) is 19.8. The van der Waals surface area contributed by atoms with Crippen LogP contribution in [0.5, 0.6) is 0 Å². The quantitative estimate of drug-likeness (QED) is 0.381. The van der Waals surface area contributed by atoms with Gasteiger partial charge in [-0.1, -0.05) is 45.0 Å². The standard InChI is InChI=1S/C25H33N3O3Si/c1-25(2,3)32(5,6)31-15-14-26-20-13-12-18-16-21(24(30)28(4)22(18)17-20)23(29)27-19-10-8-7-9-11-19/h7-13,16-17,26H,14-15H2,1-6H3,(H,27,29). The number of nitrogens with one attached hydrogen (secondary N) is 2. The molecule has 2 aromatic carbocycles. The molecule has 1 amide bonds. The largest absolute Gasteiger partial charge is 0.415 e. The van der Waals surface area contributed by atoms with Crippen LogP contribution in [0.1, 0.15) is 31.1 Å². The fourth-order valence-electron chi connectivity index (χ4n) is 3.17. The summed E-state index contributed by atoms with van der Waals surface area (Å²) in [6.07, 6.45) is 0. The van der Waals surface area contributed by atoms with Gasteiger partial charge < -0.3 is 19.6 Å². The number of benzene rings is 2. The van der Waals surface area contributed by atoms with Crippen molar-refractivity contribution in [1.82, 2.24) is 4.57 Å². The van der Waals surface area contributed by atoms with E-state index in [1.54, 1.807) is 25.2 Å². The van der Waals surface area contributed by atoms with E-state index in [1.165, 1.54) is 4.57 Å². The maximum Gasteiger partial charge on any atom is 0.263 e. The topological polar surface area (TPSA) is 72.4 Å². The number of hydrogen-bond donors (Lipinski definition) is 2. The first kappa shape index (κ1) is 23.8. The zero-order valence-corrected chi connectivity index (χ0v) is 20.8. The van der Waals surface area contributed by atoms with Gasteiger partial charge in [0.15, 0.2) is 8.32 Å². The van der Waals surface area contributed by atoms with E-state index in [2.05, 4.69) is 44.5 Å². The Morgan fingerprint density at radius 1 is 1.03 bits per heavy atom. The zero-order chi connectivity index (χ0) is 23.5. The number of para-hydroxylation sites is 1. The van der Waals surface area contributed by atoms with Gasteiger partial charge in [-0.15, -0.1) is 0 Å². The Balaban J connectivity index is 1.74. The maximum atomic E-state index is 12.9. The molecule has 0 saturated heterocycles. The monoisotopic (exact) mass is 451 g/mol. The van der Waals surface area contributed by atoms with E-state index in [0.29, 0.717) is 18.8 Å². The number of fused-ring (bicyclic) bond motifs is 1. The summed E-state index contributed by atoms with van der Waals surface area (Å²) in [5.41, 5.74) is 2.12. The molecule has 3 aromatic rings.